The van der Waals surface area contributed by atoms with E-state index in [1.54, 1.807) is 37.7 Å². The molecule has 1 unspecified atom stereocenters. The van der Waals surface area contributed by atoms with E-state index >= 15 is 0 Å². The summed E-state index contributed by atoms with van der Waals surface area (Å²) in [5.74, 6) is 0.423. The van der Waals surface area contributed by atoms with Gasteiger partial charge >= 0.3 is 0 Å². The van der Waals surface area contributed by atoms with E-state index in [9.17, 15) is 9.59 Å². The number of allylic oxidation sites excluding steroid dienone is 1. The lowest BCUT2D eigenvalue weighted by molar-refractivity contribution is -0.105. The first-order valence-corrected chi connectivity index (χ1v) is 11.1. The van der Waals surface area contributed by atoms with Crippen LogP contribution in [0.5, 0.6) is 0 Å². The van der Waals surface area contributed by atoms with Crippen molar-refractivity contribution in [2.45, 2.75) is 12.5 Å². The number of nitrogens with zero attached hydrogens (tertiary/aromatic N) is 3. The van der Waals surface area contributed by atoms with Crippen molar-refractivity contribution in [2.75, 3.05) is 39.2 Å². The first-order valence-electron chi connectivity index (χ1n) is 11.1. The van der Waals surface area contributed by atoms with E-state index in [4.69, 9.17) is 5.73 Å². The molecule has 1 amide bonds. The molecular formula is C24H32N8O2. The molecule has 0 saturated carbocycles. The Labute approximate surface area is 200 Å². The molecule has 3 rings (SSSR count). The Morgan fingerprint density at radius 2 is 2.12 bits per heavy atom. The molecule has 0 spiro atoms. The zero-order chi connectivity index (χ0) is 24.3. The maximum atomic E-state index is 12.7. The van der Waals surface area contributed by atoms with Crippen LogP contribution in [0.15, 0.2) is 77.2 Å². The SMILES string of the molecule is CNC1=CN=CC(C(=CN)/C=C(\C=O)NC(=O)c2ccc(NCCCN3C=CNC3)cc2)N1C. The topological polar surface area (TPSA) is 127 Å². The van der Waals surface area contributed by atoms with Crippen LogP contribution in [-0.4, -0.2) is 68.1 Å². The Kier molecular flexibility index (Phi) is 8.73. The number of hydrogen-bond donors (Lipinski definition) is 5. The van der Waals surface area contributed by atoms with Gasteiger partial charge in [-0.2, -0.15) is 0 Å². The molecule has 1 aromatic rings. The van der Waals surface area contributed by atoms with Crippen LogP contribution in [0.25, 0.3) is 0 Å². The summed E-state index contributed by atoms with van der Waals surface area (Å²) in [6.45, 7) is 2.64. The van der Waals surface area contributed by atoms with Crippen molar-refractivity contribution in [3.8, 4) is 0 Å². The van der Waals surface area contributed by atoms with E-state index in [-0.39, 0.29) is 17.6 Å². The number of hydrogen-bond acceptors (Lipinski definition) is 9. The number of aliphatic imine (C=N–C) groups is 1. The van der Waals surface area contributed by atoms with Gasteiger partial charge in [0.05, 0.1) is 24.6 Å². The van der Waals surface area contributed by atoms with Gasteiger partial charge in [0.2, 0.25) is 0 Å². The molecule has 1 aromatic carbocycles. The molecule has 0 radical (unpaired) electrons. The third kappa shape index (κ3) is 6.41. The van der Waals surface area contributed by atoms with Crippen molar-refractivity contribution in [2.24, 2.45) is 10.7 Å². The highest BCUT2D eigenvalue weighted by Gasteiger charge is 2.21. The molecule has 1 atom stereocenters. The van der Waals surface area contributed by atoms with Gasteiger partial charge in [0, 0.05) is 57.1 Å². The highest BCUT2D eigenvalue weighted by molar-refractivity contribution is 5.98. The van der Waals surface area contributed by atoms with Crippen molar-refractivity contribution in [1.82, 2.24) is 25.8 Å². The van der Waals surface area contributed by atoms with Crippen molar-refractivity contribution < 1.29 is 9.59 Å². The van der Waals surface area contributed by atoms with E-state index in [1.807, 2.05) is 36.5 Å². The number of amides is 1. The molecule has 0 fully saturated rings. The molecule has 2 aliphatic heterocycles. The first-order chi connectivity index (χ1) is 16.5. The Balaban J connectivity index is 1.55. The largest absolute Gasteiger partial charge is 0.404 e. The lowest BCUT2D eigenvalue weighted by atomic mass is 10.1. The van der Waals surface area contributed by atoms with Crippen LogP contribution in [-0.2, 0) is 4.79 Å². The molecule has 2 aliphatic rings. The number of anilines is 1. The van der Waals surface area contributed by atoms with Crippen LogP contribution in [0.2, 0.25) is 0 Å². The second-order valence-electron chi connectivity index (χ2n) is 7.80. The van der Waals surface area contributed by atoms with Crippen LogP contribution in [0, 0.1) is 0 Å². The fraction of sp³-hybridized carbons (Fsp3) is 0.292. The zero-order valence-electron chi connectivity index (χ0n) is 19.5. The number of rotatable bonds is 11. The number of nitrogens with two attached hydrogens (primary N) is 1. The number of likely N-dealkylation sites (N-methyl/N-ethyl adjacent to an activating group) is 1. The van der Waals surface area contributed by atoms with Crippen molar-refractivity contribution in [3.63, 3.8) is 0 Å². The monoisotopic (exact) mass is 464 g/mol. The fourth-order valence-corrected chi connectivity index (χ4v) is 3.59. The summed E-state index contributed by atoms with van der Waals surface area (Å²) in [5, 5.41) is 12.2. The van der Waals surface area contributed by atoms with Gasteiger partial charge < -0.3 is 36.8 Å². The summed E-state index contributed by atoms with van der Waals surface area (Å²) in [7, 11) is 3.68. The summed E-state index contributed by atoms with van der Waals surface area (Å²) in [5.41, 5.74) is 7.92. The van der Waals surface area contributed by atoms with Gasteiger partial charge in [0.25, 0.3) is 5.91 Å². The highest BCUT2D eigenvalue weighted by atomic mass is 16.2. The lowest BCUT2D eigenvalue weighted by Crippen LogP contribution is -2.40. The molecule has 0 aliphatic carbocycles. The van der Waals surface area contributed by atoms with Crippen molar-refractivity contribution in [1.29, 1.82) is 0 Å². The lowest BCUT2D eigenvalue weighted by Gasteiger charge is -2.31. The number of carbonyl (C=O) groups is 2. The minimum Gasteiger partial charge on any atom is -0.404 e. The first kappa shape index (κ1) is 24.4. The quantitative estimate of drug-likeness (QED) is 0.141. The Morgan fingerprint density at radius 1 is 1.32 bits per heavy atom. The second-order valence-corrected chi connectivity index (χ2v) is 7.80. The van der Waals surface area contributed by atoms with Crippen LogP contribution >= 0.6 is 0 Å². The molecule has 6 N–H and O–H groups in total. The standard InChI is InChI=1S/C24H32N8O2/c1-26-23-15-28-14-22(31(23)2)19(13-25)12-21(16-33)30-24(34)18-4-6-20(7-5-18)29-8-3-10-32-11-9-27-17-32/h4-7,9,11-16,22,26-27,29H,3,8,10,17,25H2,1-2H3,(H,30,34)/b19-13?,21-12+. The van der Waals surface area contributed by atoms with Crippen molar-refractivity contribution in [3.05, 3.63) is 77.8 Å². The minimum absolute atomic E-state index is 0.108. The summed E-state index contributed by atoms with van der Waals surface area (Å²) in [6.07, 6.45) is 11.9. The van der Waals surface area contributed by atoms with Gasteiger partial charge in [-0.15, -0.1) is 0 Å². The van der Waals surface area contributed by atoms with Crippen LogP contribution in [0.4, 0.5) is 5.69 Å². The van der Waals surface area contributed by atoms with Gasteiger partial charge in [-0.05, 0) is 48.5 Å². The van der Waals surface area contributed by atoms with Crippen LogP contribution in [0.1, 0.15) is 16.8 Å². The normalized spacial score (nSPS) is 17.8. The zero-order valence-corrected chi connectivity index (χ0v) is 19.5. The van der Waals surface area contributed by atoms with E-state index in [0.29, 0.717) is 17.4 Å². The van der Waals surface area contributed by atoms with Gasteiger partial charge in [0.1, 0.15) is 5.82 Å². The number of carbonyl (C=O) groups excluding carboxylic acids is 2. The molecule has 180 valence electrons. The van der Waals surface area contributed by atoms with Gasteiger partial charge in [-0.1, -0.05) is 0 Å². The van der Waals surface area contributed by atoms with Crippen LogP contribution < -0.4 is 27.0 Å². The average molecular weight is 465 g/mol. The van der Waals surface area contributed by atoms with Crippen LogP contribution in [0.3, 0.4) is 0 Å². The molecule has 0 saturated heterocycles. The molecule has 10 nitrogen and oxygen atoms in total. The van der Waals surface area contributed by atoms with E-state index in [0.717, 1.165) is 37.7 Å². The number of aldehydes is 1. The second kappa shape index (κ2) is 12.1. The maximum absolute atomic E-state index is 12.7. The highest BCUT2D eigenvalue weighted by Crippen LogP contribution is 2.17. The van der Waals surface area contributed by atoms with Gasteiger partial charge in [-0.25, -0.2) is 0 Å². The Bertz CT molecular complexity index is 1010. The van der Waals surface area contributed by atoms with Gasteiger partial charge in [-0.3, -0.25) is 14.6 Å². The summed E-state index contributed by atoms with van der Waals surface area (Å²) in [6, 6.07) is 6.85. The predicted octanol–water partition coefficient (Wildman–Crippen LogP) is 0.881. The van der Waals surface area contributed by atoms with Crippen molar-refractivity contribution >= 4 is 24.1 Å². The summed E-state index contributed by atoms with van der Waals surface area (Å²) in [4.78, 5) is 32.7. The Hall–Kier alpha value is -4.21. The van der Waals surface area contributed by atoms with E-state index in [2.05, 4.69) is 31.2 Å². The summed E-state index contributed by atoms with van der Waals surface area (Å²) >= 11 is 0. The third-order valence-electron chi connectivity index (χ3n) is 5.51. The fourth-order valence-electron chi connectivity index (χ4n) is 3.59. The molecule has 34 heavy (non-hydrogen) atoms. The smallest absolute Gasteiger partial charge is 0.255 e. The molecular weight excluding hydrogens is 432 g/mol. The van der Waals surface area contributed by atoms with E-state index in [1.165, 1.54) is 6.20 Å². The Morgan fingerprint density at radius 3 is 2.76 bits per heavy atom. The maximum Gasteiger partial charge on any atom is 0.255 e. The molecule has 2 heterocycles. The summed E-state index contributed by atoms with van der Waals surface area (Å²) < 4.78 is 0. The molecule has 10 heteroatoms. The van der Waals surface area contributed by atoms with Gasteiger partial charge in [0.15, 0.2) is 6.29 Å². The molecule has 0 aromatic heterocycles. The van der Waals surface area contributed by atoms with E-state index < -0.39 is 0 Å². The number of nitrogens with one attached hydrogen (secondary N) is 4. The molecule has 0 bridgehead atoms. The average Bonchev–Trinajstić information content (AvgIpc) is 3.38. The number of benzene rings is 1. The third-order valence-corrected chi connectivity index (χ3v) is 5.51. The predicted molar refractivity (Wildman–Crippen MR) is 134 cm³/mol. The minimum atomic E-state index is -0.379.